The van der Waals surface area contributed by atoms with Crippen LogP contribution >= 0.6 is 0 Å². The minimum absolute atomic E-state index is 0.00271. The van der Waals surface area contributed by atoms with Crippen LogP contribution < -0.4 is 5.43 Å². The maximum absolute atomic E-state index is 12.4. The Bertz CT molecular complexity index is 1310. The Morgan fingerprint density at radius 1 is 1.07 bits per heavy atom. The van der Waals surface area contributed by atoms with Crippen molar-refractivity contribution in [3.05, 3.63) is 81.8 Å². The van der Waals surface area contributed by atoms with E-state index in [1.807, 2.05) is 0 Å². The van der Waals surface area contributed by atoms with Crippen LogP contribution in [0.5, 0.6) is 5.75 Å². The highest BCUT2D eigenvalue weighted by molar-refractivity contribution is 6.08. The highest BCUT2D eigenvalue weighted by Crippen LogP contribution is 2.42. The zero-order valence-electron chi connectivity index (χ0n) is 14.7. The molecule has 0 spiro atoms. The number of nitrogens with zero attached hydrogens (tertiary/aromatic N) is 1. The van der Waals surface area contributed by atoms with E-state index in [1.54, 1.807) is 30.3 Å². The normalized spacial score (nSPS) is 10.7. The van der Waals surface area contributed by atoms with Crippen molar-refractivity contribution in [3.8, 4) is 28.2 Å². The number of hydrogen-bond donors (Lipinski definition) is 1. The van der Waals surface area contributed by atoms with Crippen molar-refractivity contribution < 1.29 is 19.1 Å². The third-order valence-corrected chi connectivity index (χ3v) is 4.48. The van der Waals surface area contributed by atoms with E-state index < -0.39 is 5.97 Å². The monoisotopic (exact) mass is 371 g/mol. The molecule has 6 heteroatoms. The molecule has 2 aliphatic rings. The van der Waals surface area contributed by atoms with Crippen molar-refractivity contribution in [2.24, 2.45) is 0 Å². The van der Waals surface area contributed by atoms with E-state index in [4.69, 9.17) is 15.7 Å². The van der Waals surface area contributed by atoms with Crippen LogP contribution in [0, 0.1) is 6.57 Å². The van der Waals surface area contributed by atoms with E-state index >= 15 is 0 Å². The van der Waals surface area contributed by atoms with Crippen molar-refractivity contribution in [2.45, 2.75) is 0 Å². The molecule has 2 aromatic rings. The average Bonchev–Trinajstić information content (AvgIpc) is 2.70. The van der Waals surface area contributed by atoms with Crippen LogP contribution in [0.1, 0.15) is 10.4 Å². The number of benzene rings is 3. The van der Waals surface area contributed by atoms with Gasteiger partial charge in [-0.2, -0.15) is 0 Å². The van der Waals surface area contributed by atoms with E-state index in [0.29, 0.717) is 39.1 Å². The molecule has 0 saturated carbocycles. The molecule has 0 amide bonds. The number of carbonyl (C=O) groups is 1. The molecule has 1 aliphatic heterocycles. The summed E-state index contributed by atoms with van der Waals surface area (Å²) in [6.07, 6.45) is 0. The minimum Gasteiger partial charge on any atom is -0.508 e. The zero-order chi connectivity index (χ0) is 19.8. The molecule has 0 fully saturated rings. The van der Waals surface area contributed by atoms with E-state index in [1.165, 1.54) is 31.4 Å². The van der Waals surface area contributed by atoms with Crippen LogP contribution in [-0.2, 0) is 4.74 Å². The van der Waals surface area contributed by atoms with Crippen molar-refractivity contribution in [1.29, 1.82) is 0 Å². The number of phenols is 1. The molecule has 4 rings (SSSR count). The lowest BCUT2D eigenvalue weighted by atomic mass is 9.90. The lowest BCUT2D eigenvalue weighted by molar-refractivity contribution is 0.0601. The Balaban J connectivity index is 2.21. The molecule has 0 bridgehead atoms. The molecule has 1 heterocycles. The molecule has 1 N–H and O–H groups in total. The molecule has 6 nitrogen and oxygen atoms in total. The maximum atomic E-state index is 12.4. The first-order chi connectivity index (χ1) is 13.5. The Morgan fingerprint density at radius 3 is 2.64 bits per heavy atom. The number of ether oxygens (including phenoxy) is 1. The van der Waals surface area contributed by atoms with Gasteiger partial charge in [0.05, 0.1) is 19.2 Å². The molecule has 28 heavy (non-hydrogen) atoms. The van der Waals surface area contributed by atoms with E-state index in [9.17, 15) is 14.7 Å². The molecular weight excluding hydrogens is 358 g/mol. The maximum Gasteiger partial charge on any atom is 0.338 e. The smallest absolute Gasteiger partial charge is 0.338 e. The first-order valence-corrected chi connectivity index (χ1v) is 8.31. The topological polar surface area (TPSA) is 81.1 Å². The lowest BCUT2D eigenvalue weighted by Gasteiger charge is -2.17. The van der Waals surface area contributed by atoms with Gasteiger partial charge in [0.25, 0.3) is 0 Å². The predicted octanol–water partition coefficient (Wildman–Crippen LogP) is 4.61. The summed E-state index contributed by atoms with van der Waals surface area (Å²) in [5, 5.41) is 10.5. The molecular formula is C22H13NO5. The van der Waals surface area contributed by atoms with Gasteiger partial charge in [0.15, 0.2) is 11.1 Å². The number of methoxy groups -OCH3 is 1. The summed E-state index contributed by atoms with van der Waals surface area (Å²) >= 11 is 0. The van der Waals surface area contributed by atoms with Gasteiger partial charge in [0, 0.05) is 28.6 Å². The molecule has 1 aliphatic carbocycles. The molecule has 2 aromatic carbocycles. The fourth-order valence-corrected chi connectivity index (χ4v) is 3.25. The second-order valence-electron chi connectivity index (χ2n) is 6.15. The number of phenolic OH excluding ortho intramolecular Hbond substituents is 1. The quantitative estimate of drug-likeness (QED) is 0.316. The highest BCUT2D eigenvalue weighted by atomic mass is 16.5. The third-order valence-electron chi connectivity index (χ3n) is 4.48. The van der Waals surface area contributed by atoms with Gasteiger partial charge in [-0.25, -0.2) is 9.64 Å². The summed E-state index contributed by atoms with van der Waals surface area (Å²) in [5.74, 6) is -0.236. The minimum atomic E-state index is -0.548. The van der Waals surface area contributed by atoms with Crippen molar-refractivity contribution in [2.75, 3.05) is 7.11 Å². The molecule has 0 unspecified atom stereocenters. The summed E-state index contributed by atoms with van der Waals surface area (Å²) in [7, 11) is 1.28. The number of hydrogen-bond acceptors (Lipinski definition) is 5. The van der Waals surface area contributed by atoms with Crippen LogP contribution in [-0.4, -0.2) is 18.2 Å². The number of esters is 1. The first kappa shape index (κ1) is 17.3. The summed E-state index contributed by atoms with van der Waals surface area (Å²) in [6, 6.07) is 13.7. The average molecular weight is 371 g/mol. The summed E-state index contributed by atoms with van der Waals surface area (Å²) in [6.45, 7) is 7.32. The van der Waals surface area contributed by atoms with Crippen LogP contribution in [0.3, 0.4) is 0 Å². The second kappa shape index (κ2) is 6.56. The van der Waals surface area contributed by atoms with E-state index in [2.05, 4.69) is 4.85 Å². The Hall–Kier alpha value is -4.11. The number of rotatable bonds is 2. The summed E-state index contributed by atoms with van der Waals surface area (Å²) in [4.78, 5) is 27.7. The standard InChI is InChI=1S/C22H13NO5/c1-23-12-3-6-15(22(26)27-2)18(9-12)21-16-7-4-13(24)10-19(16)28-20-11-14(25)5-8-17(20)21/h3-11,24H,2H3. The zero-order valence-corrected chi connectivity index (χ0v) is 14.7. The van der Waals surface area contributed by atoms with Crippen LogP contribution in [0.4, 0.5) is 5.69 Å². The Labute approximate surface area is 159 Å². The highest BCUT2D eigenvalue weighted by Gasteiger charge is 2.22. The SMILES string of the molecule is [C-]#[N+]c1ccc(C(=O)OC)c(-c2c3ccc(=O)cc-3oc3cc(O)ccc23)c1. The largest absolute Gasteiger partial charge is 0.508 e. The van der Waals surface area contributed by atoms with Gasteiger partial charge in [0.1, 0.15) is 17.1 Å². The Morgan fingerprint density at radius 2 is 1.89 bits per heavy atom. The van der Waals surface area contributed by atoms with Crippen molar-refractivity contribution in [1.82, 2.24) is 0 Å². The van der Waals surface area contributed by atoms with Crippen LogP contribution in [0.25, 0.3) is 38.3 Å². The fourth-order valence-electron chi connectivity index (χ4n) is 3.25. The third kappa shape index (κ3) is 2.75. The summed E-state index contributed by atoms with van der Waals surface area (Å²) in [5.41, 5.74) is 2.44. The van der Waals surface area contributed by atoms with Crippen LogP contribution in [0.15, 0.2) is 63.8 Å². The van der Waals surface area contributed by atoms with Gasteiger partial charge in [-0.05, 0) is 35.9 Å². The Kier molecular flexibility index (Phi) is 4.06. The fraction of sp³-hybridized carbons (Fsp3) is 0.0455. The van der Waals surface area contributed by atoms with Gasteiger partial charge in [0.2, 0.25) is 0 Å². The second-order valence-corrected chi connectivity index (χ2v) is 6.15. The predicted molar refractivity (Wildman–Crippen MR) is 104 cm³/mol. The number of carbonyl (C=O) groups excluding carboxylic acids is 1. The molecule has 0 radical (unpaired) electrons. The van der Waals surface area contributed by atoms with Gasteiger partial charge in [-0.1, -0.05) is 12.1 Å². The number of aromatic hydroxyl groups is 1. The summed E-state index contributed by atoms with van der Waals surface area (Å²) < 4.78 is 10.7. The van der Waals surface area contributed by atoms with Gasteiger partial charge in [-0.3, -0.25) is 4.79 Å². The van der Waals surface area contributed by atoms with Crippen molar-refractivity contribution in [3.63, 3.8) is 0 Å². The van der Waals surface area contributed by atoms with E-state index in [0.717, 1.165) is 0 Å². The molecule has 0 aromatic heterocycles. The van der Waals surface area contributed by atoms with Gasteiger partial charge >= 0.3 is 5.97 Å². The van der Waals surface area contributed by atoms with E-state index in [-0.39, 0.29) is 16.7 Å². The van der Waals surface area contributed by atoms with Crippen LogP contribution in [0.2, 0.25) is 0 Å². The van der Waals surface area contributed by atoms with Crippen molar-refractivity contribution >= 4 is 22.6 Å². The van der Waals surface area contributed by atoms with Gasteiger partial charge in [-0.15, -0.1) is 0 Å². The number of fused-ring (bicyclic) bond motifs is 2. The lowest BCUT2D eigenvalue weighted by Crippen LogP contribution is -2.05. The molecule has 0 saturated heterocycles. The molecule has 0 atom stereocenters. The molecule has 136 valence electrons. The first-order valence-electron chi connectivity index (χ1n) is 8.31. The van der Waals surface area contributed by atoms with Gasteiger partial charge < -0.3 is 14.3 Å².